The number of carbonyl (C=O) groups excluding carboxylic acids is 2. The summed E-state index contributed by atoms with van der Waals surface area (Å²) >= 11 is 0. The highest BCUT2D eigenvalue weighted by molar-refractivity contribution is 5.93. The Morgan fingerprint density at radius 2 is 1.62 bits per heavy atom. The van der Waals surface area contributed by atoms with Gasteiger partial charge in [0.1, 0.15) is 12.4 Å². The first-order valence-corrected chi connectivity index (χ1v) is 10.1. The Kier molecular flexibility index (Phi) is 9.72. The standard InChI is InChI=1S/C23H30N2O4/c1-3-25(4-2)16-18-29-23(27)19-12-14-20(15-13-19)24-22(26)11-8-17-28-21-9-6-5-7-10-21/h5-7,9-10,12-15H,3-4,8,11,16-18H2,1-2H3,(H,24,26). The van der Waals surface area contributed by atoms with Gasteiger partial charge in [-0.25, -0.2) is 4.79 Å². The van der Waals surface area contributed by atoms with Gasteiger partial charge in [-0.3, -0.25) is 4.79 Å². The third-order valence-corrected chi connectivity index (χ3v) is 4.50. The molecule has 6 heteroatoms. The highest BCUT2D eigenvalue weighted by Gasteiger charge is 2.09. The minimum Gasteiger partial charge on any atom is -0.494 e. The molecule has 0 atom stereocenters. The largest absolute Gasteiger partial charge is 0.494 e. The molecule has 0 bridgehead atoms. The van der Waals surface area contributed by atoms with E-state index in [2.05, 4.69) is 24.1 Å². The van der Waals surface area contributed by atoms with E-state index in [4.69, 9.17) is 9.47 Å². The van der Waals surface area contributed by atoms with E-state index in [1.807, 2.05) is 30.3 Å². The minimum atomic E-state index is -0.354. The zero-order valence-corrected chi connectivity index (χ0v) is 17.2. The van der Waals surface area contributed by atoms with Gasteiger partial charge in [-0.15, -0.1) is 0 Å². The lowest BCUT2D eigenvalue weighted by atomic mass is 10.2. The number of hydrogen-bond donors (Lipinski definition) is 1. The fourth-order valence-corrected chi connectivity index (χ4v) is 2.74. The molecule has 29 heavy (non-hydrogen) atoms. The van der Waals surface area contributed by atoms with Crippen molar-refractivity contribution in [3.8, 4) is 5.75 Å². The SMILES string of the molecule is CCN(CC)CCOC(=O)c1ccc(NC(=O)CCCOc2ccccc2)cc1. The zero-order chi connectivity index (χ0) is 20.9. The van der Waals surface area contributed by atoms with Gasteiger partial charge < -0.3 is 19.7 Å². The molecule has 1 amide bonds. The van der Waals surface area contributed by atoms with Crippen LogP contribution in [0.5, 0.6) is 5.75 Å². The van der Waals surface area contributed by atoms with Crippen LogP contribution in [-0.4, -0.2) is 49.6 Å². The van der Waals surface area contributed by atoms with E-state index in [0.29, 0.717) is 37.3 Å². The fraction of sp³-hybridized carbons (Fsp3) is 0.391. The van der Waals surface area contributed by atoms with Gasteiger partial charge in [0, 0.05) is 18.7 Å². The Morgan fingerprint density at radius 3 is 2.28 bits per heavy atom. The van der Waals surface area contributed by atoms with E-state index in [1.165, 1.54) is 0 Å². The summed E-state index contributed by atoms with van der Waals surface area (Å²) in [6, 6.07) is 16.3. The highest BCUT2D eigenvalue weighted by atomic mass is 16.5. The van der Waals surface area contributed by atoms with E-state index in [0.717, 1.165) is 25.4 Å². The first-order chi connectivity index (χ1) is 14.1. The van der Waals surface area contributed by atoms with Crippen LogP contribution in [-0.2, 0) is 9.53 Å². The summed E-state index contributed by atoms with van der Waals surface area (Å²) in [6.07, 6.45) is 0.986. The van der Waals surface area contributed by atoms with Crippen LogP contribution in [0.2, 0.25) is 0 Å². The molecule has 2 aromatic rings. The minimum absolute atomic E-state index is 0.0868. The highest BCUT2D eigenvalue weighted by Crippen LogP contribution is 2.12. The van der Waals surface area contributed by atoms with Crippen molar-refractivity contribution in [3.63, 3.8) is 0 Å². The molecule has 0 radical (unpaired) electrons. The van der Waals surface area contributed by atoms with Gasteiger partial charge in [0.25, 0.3) is 0 Å². The Hall–Kier alpha value is -2.86. The Bertz CT molecular complexity index is 743. The van der Waals surface area contributed by atoms with E-state index in [1.54, 1.807) is 24.3 Å². The van der Waals surface area contributed by atoms with Gasteiger partial charge in [-0.2, -0.15) is 0 Å². The van der Waals surface area contributed by atoms with Crippen LogP contribution >= 0.6 is 0 Å². The lowest BCUT2D eigenvalue weighted by Gasteiger charge is -2.17. The van der Waals surface area contributed by atoms with E-state index in [-0.39, 0.29) is 11.9 Å². The van der Waals surface area contributed by atoms with Gasteiger partial charge in [-0.1, -0.05) is 32.0 Å². The van der Waals surface area contributed by atoms with Crippen LogP contribution in [0.3, 0.4) is 0 Å². The summed E-state index contributed by atoms with van der Waals surface area (Å²) in [5, 5.41) is 2.83. The van der Waals surface area contributed by atoms with Crippen molar-refractivity contribution in [1.82, 2.24) is 4.90 Å². The maximum absolute atomic E-state index is 12.1. The molecular weight excluding hydrogens is 368 g/mol. The van der Waals surface area contributed by atoms with Crippen LogP contribution in [0.25, 0.3) is 0 Å². The lowest BCUT2D eigenvalue weighted by molar-refractivity contribution is -0.116. The molecule has 1 N–H and O–H groups in total. The number of likely N-dealkylation sites (N-methyl/N-ethyl adjacent to an activating group) is 1. The van der Waals surface area contributed by atoms with Gasteiger partial charge in [-0.05, 0) is 55.9 Å². The lowest BCUT2D eigenvalue weighted by Crippen LogP contribution is -2.27. The molecule has 0 unspecified atom stereocenters. The number of para-hydroxylation sites is 1. The molecule has 0 aromatic heterocycles. The smallest absolute Gasteiger partial charge is 0.338 e. The van der Waals surface area contributed by atoms with Crippen molar-refractivity contribution >= 4 is 17.6 Å². The molecule has 0 fully saturated rings. The van der Waals surface area contributed by atoms with E-state index >= 15 is 0 Å². The number of amides is 1. The molecule has 6 nitrogen and oxygen atoms in total. The van der Waals surface area contributed by atoms with Gasteiger partial charge in [0.15, 0.2) is 0 Å². The number of benzene rings is 2. The van der Waals surface area contributed by atoms with Gasteiger partial charge in [0.2, 0.25) is 5.91 Å². The molecule has 0 aliphatic rings. The topological polar surface area (TPSA) is 67.9 Å². The molecule has 0 saturated heterocycles. The van der Waals surface area contributed by atoms with Crippen molar-refractivity contribution < 1.29 is 19.1 Å². The number of ether oxygens (including phenoxy) is 2. The van der Waals surface area contributed by atoms with Crippen LogP contribution < -0.4 is 10.1 Å². The first kappa shape index (κ1) is 22.4. The van der Waals surface area contributed by atoms with Crippen LogP contribution in [0, 0.1) is 0 Å². The van der Waals surface area contributed by atoms with Crippen molar-refractivity contribution in [3.05, 3.63) is 60.2 Å². The molecule has 0 aliphatic heterocycles. The van der Waals surface area contributed by atoms with Crippen LogP contribution in [0.4, 0.5) is 5.69 Å². The molecule has 0 spiro atoms. The second kappa shape index (κ2) is 12.6. The summed E-state index contributed by atoms with van der Waals surface area (Å²) in [5.41, 5.74) is 1.12. The second-order valence-corrected chi connectivity index (χ2v) is 6.55. The van der Waals surface area contributed by atoms with Crippen molar-refractivity contribution in [2.45, 2.75) is 26.7 Å². The number of anilines is 1. The monoisotopic (exact) mass is 398 g/mol. The molecule has 156 valence electrons. The number of nitrogens with zero attached hydrogens (tertiary/aromatic N) is 1. The Balaban J connectivity index is 1.68. The van der Waals surface area contributed by atoms with Crippen LogP contribution in [0.15, 0.2) is 54.6 Å². The summed E-state index contributed by atoms with van der Waals surface area (Å²) in [7, 11) is 0. The Labute approximate surface area is 172 Å². The quantitative estimate of drug-likeness (QED) is 0.433. The molecule has 0 heterocycles. The Morgan fingerprint density at radius 1 is 0.931 bits per heavy atom. The normalized spacial score (nSPS) is 10.6. The van der Waals surface area contributed by atoms with Gasteiger partial charge in [0.05, 0.1) is 12.2 Å². The average Bonchev–Trinajstić information content (AvgIpc) is 2.75. The van der Waals surface area contributed by atoms with Crippen LogP contribution in [0.1, 0.15) is 37.0 Å². The fourth-order valence-electron chi connectivity index (χ4n) is 2.74. The molecule has 0 aliphatic carbocycles. The molecule has 2 rings (SSSR count). The summed E-state index contributed by atoms with van der Waals surface area (Å²) in [5.74, 6) is 0.358. The zero-order valence-electron chi connectivity index (χ0n) is 17.2. The summed E-state index contributed by atoms with van der Waals surface area (Å²) in [4.78, 5) is 26.3. The van der Waals surface area contributed by atoms with Gasteiger partial charge >= 0.3 is 5.97 Å². The van der Waals surface area contributed by atoms with E-state index in [9.17, 15) is 9.59 Å². The number of hydrogen-bond acceptors (Lipinski definition) is 5. The summed E-state index contributed by atoms with van der Waals surface area (Å²) in [6.45, 7) is 7.59. The number of esters is 1. The number of carbonyl (C=O) groups is 2. The maximum atomic E-state index is 12.1. The van der Waals surface area contributed by atoms with Crippen molar-refractivity contribution in [2.75, 3.05) is 38.2 Å². The van der Waals surface area contributed by atoms with Crippen molar-refractivity contribution in [2.24, 2.45) is 0 Å². The first-order valence-electron chi connectivity index (χ1n) is 10.1. The third-order valence-electron chi connectivity index (χ3n) is 4.50. The average molecular weight is 399 g/mol. The molecular formula is C23H30N2O4. The molecule has 2 aromatic carbocycles. The number of rotatable bonds is 12. The molecule has 0 saturated carbocycles. The third kappa shape index (κ3) is 8.35. The predicted octanol–water partition coefficient (Wildman–Crippen LogP) is 3.98. The van der Waals surface area contributed by atoms with Crippen molar-refractivity contribution in [1.29, 1.82) is 0 Å². The maximum Gasteiger partial charge on any atom is 0.338 e. The number of nitrogens with one attached hydrogen (secondary N) is 1. The predicted molar refractivity (Wildman–Crippen MR) is 114 cm³/mol. The second-order valence-electron chi connectivity index (χ2n) is 6.55. The summed E-state index contributed by atoms with van der Waals surface area (Å²) < 4.78 is 10.9. The van der Waals surface area contributed by atoms with E-state index < -0.39 is 0 Å².